The third-order valence-corrected chi connectivity index (χ3v) is 4.09. The van der Waals surface area contributed by atoms with Crippen LogP contribution in [0.1, 0.15) is 32.3 Å². The second-order valence-electron chi connectivity index (χ2n) is 5.56. The van der Waals surface area contributed by atoms with Crippen LogP contribution >= 0.6 is 12.6 Å². The van der Waals surface area contributed by atoms with Gasteiger partial charge in [0.15, 0.2) is 0 Å². The molecule has 0 spiro atoms. The van der Waals surface area contributed by atoms with E-state index in [2.05, 4.69) is 17.9 Å². The van der Waals surface area contributed by atoms with Crippen LogP contribution in [0.15, 0.2) is 30.3 Å². The van der Waals surface area contributed by atoms with Crippen molar-refractivity contribution in [1.82, 2.24) is 5.32 Å². The molecule has 0 aliphatic rings. The number of carbonyl (C=O) groups is 2. The maximum Gasteiger partial charge on any atom is 0.326 e. The second-order valence-corrected chi connectivity index (χ2v) is 5.92. The third kappa shape index (κ3) is 4.77. The average molecular weight is 309 g/mol. The molecular weight excluding hydrogens is 286 g/mol. The summed E-state index contributed by atoms with van der Waals surface area (Å²) in [6, 6.07) is 8.83. The first-order chi connectivity index (χ1) is 9.88. The van der Waals surface area contributed by atoms with Crippen molar-refractivity contribution >= 4 is 24.5 Å². The molecule has 5 heteroatoms. The van der Waals surface area contributed by atoms with Gasteiger partial charge in [-0.2, -0.15) is 12.6 Å². The van der Waals surface area contributed by atoms with E-state index in [1.54, 1.807) is 13.8 Å². The molecule has 21 heavy (non-hydrogen) atoms. The zero-order valence-electron chi connectivity index (χ0n) is 12.6. The molecule has 0 aliphatic heterocycles. The van der Waals surface area contributed by atoms with E-state index in [4.69, 9.17) is 5.11 Å². The summed E-state index contributed by atoms with van der Waals surface area (Å²) in [5, 5.41) is 11.8. The Kier molecular flexibility index (Phi) is 6.75. The first kappa shape index (κ1) is 17.6. The average Bonchev–Trinajstić information content (AvgIpc) is 2.45. The monoisotopic (exact) mass is 309 g/mol. The van der Waals surface area contributed by atoms with Gasteiger partial charge < -0.3 is 10.4 Å². The van der Waals surface area contributed by atoms with Gasteiger partial charge in [0.25, 0.3) is 0 Å². The highest BCUT2D eigenvalue weighted by atomic mass is 32.1. The number of carboxylic acids is 1. The molecule has 0 aliphatic carbocycles. The minimum absolute atomic E-state index is 0.0229. The van der Waals surface area contributed by atoms with Gasteiger partial charge in [0, 0.05) is 5.75 Å². The summed E-state index contributed by atoms with van der Waals surface area (Å²) in [6.07, 6.45) is 0. The van der Waals surface area contributed by atoms with E-state index in [0.29, 0.717) is 5.75 Å². The van der Waals surface area contributed by atoms with Crippen molar-refractivity contribution < 1.29 is 14.7 Å². The highest BCUT2D eigenvalue weighted by Crippen LogP contribution is 2.25. The van der Waals surface area contributed by atoms with Crippen molar-refractivity contribution in [1.29, 1.82) is 0 Å². The van der Waals surface area contributed by atoms with Crippen molar-refractivity contribution in [3.8, 4) is 0 Å². The standard InChI is InChI=1S/C16H23NO3S/c1-10(2)14(16(19)20)17-15(18)13(9-21)11(3)12-7-5-4-6-8-12/h4-8,10-11,13-14,21H,9H2,1-3H3,(H,17,18)(H,19,20)/t11?,13?,14-/m0/s1. The molecule has 0 radical (unpaired) electrons. The zero-order valence-corrected chi connectivity index (χ0v) is 13.5. The Balaban J connectivity index is 2.84. The van der Waals surface area contributed by atoms with Crippen LogP contribution in [0.4, 0.5) is 0 Å². The van der Waals surface area contributed by atoms with E-state index in [9.17, 15) is 9.59 Å². The molecule has 0 saturated carbocycles. The van der Waals surface area contributed by atoms with Crippen molar-refractivity contribution in [2.75, 3.05) is 5.75 Å². The fourth-order valence-corrected chi connectivity index (χ4v) is 2.71. The minimum Gasteiger partial charge on any atom is -0.480 e. The summed E-state index contributed by atoms with van der Waals surface area (Å²) >= 11 is 4.26. The summed E-state index contributed by atoms with van der Waals surface area (Å²) in [7, 11) is 0. The molecule has 1 rings (SSSR count). The van der Waals surface area contributed by atoms with Gasteiger partial charge in [-0.3, -0.25) is 4.79 Å². The SMILES string of the molecule is CC(c1ccccc1)C(CS)C(=O)N[C@H](C(=O)O)C(C)C. The lowest BCUT2D eigenvalue weighted by molar-refractivity contribution is -0.143. The van der Waals surface area contributed by atoms with Crippen LogP contribution in [0.5, 0.6) is 0 Å². The molecule has 0 saturated heterocycles. The van der Waals surface area contributed by atoms with Crippen LogP contribution in [0, 0.1) is 11.8 Å². The van der Waals surface area contributed by atoms with Gasteiger partial charge in [-0.25, -0.2) is 4.79 Å². The van der Waals surface area contributed by atoms with Gasteiger partial charge in [0.1, 0.15) is 6.04 Å². The summed E-state index contributed by atoms with van der Waals surface area (Å²) in [6.45, 7) is 5.51. The van der Waals surface area contributed by atoms with E-state index < -0.39 is 12.0 Å². The number of rotatable bonds is 7. The Bertz CT molecular complexity index is 476. The van der Waals surface area contributed by atoms with Crippen molar-refractivity contribution in [3.05, 3.63) is 35.9 Å². The topological polar surface area (TPSA) is 66.4 Å². The van der Waals surface area contributed by atoms with E-state index in [1.165, 1.54) is 0 Å². The summed E-state index contributed by atoms with van der Waals surface area (Å²) in [5.74, 6) is -1.46. The first-order valence-corrected chi connectivity index (χ1v) is 7.70. The lowest BCUT2D eigenvalue weighted by atomic mass is 9.87. The predicted molar refractivity (Wildman–Crippen MR) is 86.6 cm³/mol. The maximum absolute atomic E-state index is 12.4. The number of thiol groups is 1. The Morgan fingerprint density at radius 2 is 1.76 bits per heavy atom. The van der Waals surface area contributed by atoms with Crippen LogP contribution in [0.2, 0.25) is 0 Å². The highest BCUT2D eigenvalue weighted by molar-refractivity contribution is 7.80. The number of carbonyl (C=O) groups excluding carboxylic acids is 1. The molecule has 4 nitrogen and oxygen atoms in total. The van der Waals surface area contributed by atoms with Gasteiger partial charge in [0.2, 0.25) is 5.91 Å². The smallest absolute Gasteiger partial charge is 0.326 e. The van der Waals surface area contributed by atoms with Crippen molar-refractivity contribution in [2.24, 2.45) is 11.8 Å². The van der Waals surface area contributed by atoms with Gasteiger partial charge in [-0.15, -0.1) is 0 Å². The molecule has 0 bridgehead atoms. The normalized spacial score (nSPS) is 15.3. The van der Waals surface area contributed by atoms with Gasteiger partial charge >= 0.3 is 5.97 Å². The Labute approximate surface area is 131 Å². The number of carboxylic acid groups (broad SMARTS) is 1. The molecule has 1 amide bonds. The van der Waals surface area contributed by atoms with Crippen LogP contribution in [0.3, 0.4) is 0 Å². The number of hydrogen-bond donors (Lipinski definition) is 3. The van der Waals surface area contributed by atoms with E-state index >= 15 is 0 Å². The van der Waals surface area contributed by atoms with Gasteiger partial charge in [-0.1, -0.05) is 51.1 Å². The molecule has 3 atom stereocenters. The summed E-state index contributed by atoms with van der Waals surface area (Å²) in [5.41, 5.74) is 1.04. The number of hydrogen-bond acceptors (Lipinski definition) is 3. The second kappa shape index (κ2) is 8.08. The maximum atomic E-state index is 12.4. The molecule has 2 unspecified atom stereocenters. The fraction of sp³-hybridized carbons (Fsp3) is 0.500. The molecule has 2 N–H and O–H groups in total. The van der Waals surface area contributed by atoms with E-state index in [1.807, 2.05) is 37.3 Å². The Morgan fingerprint density at radius 1 is 1.19 bits per heavy atom. The number of nitrogens with one attached hydrogen (secondary N) is 1. The van der Waals surface area contributed by atoms with Crippen LogP contribution < -0.4 is 5.32 Å². The first-order valence-electron chi connectivity index (χ1n) is 7.07. The highest BCUT2D eigenvalue weighted by Gasteiger charge is 2.30. The number of aliphatic carboxylic acids is 1. The summed E-state index contributed by atoms with van der Waals surface area (Å²) in [4.78, 5) is 23.6. The summed E-state index contributed by atoms with van der Waals surface area (Å²) < 4.78 is 0. The van der Waals surface area contributed by atoms with E-state index in [-0.39, 0.29) is 23.7 Å². The third-order valence-electron chi connectivity index (χ3n) is 3.69. The van der Waals surface area contributed by atoms with E-state index in [0.717, 1.165) is 5.56 Å². The molecule has 1 aromatic rings. The Morgan fingerprint density at radius 3 is 2.19 bits per heavy atom. The predicted octanol–water partition coefficient (Wildman–Crippen LogP) is 2.56. The van der Waals surface area contributed by atoms with Gasteiger partial charge in [-0.05, 0) is 17.4 Å². The van der Waals surface area contributed by atoms with Crippen molar-refractivity contribution in [3.63, 3.8) is 0 Å². The van der Waals surface area contributed by atoms with Crippen LogP contribution in [-0.4, -0.2) is 28.8 Å². The molecule has 116 valence electrons. The minimum atomic E-state index is -1.01. The molecule has 1 aromatic carbocycles. The van der Waals surface area contributed by atoms with Gasteiger partial charge in [0.05, 0.1) is 5.92 Å². The number of benzene rings is 1. The lowest BCUT2D eigenvalue weighted by Crippen LogP contribution is -2.47. The zero-order chi connectivity index (χ0) is 16.0. The Hall–Kier alpha value is -1.49. The lowest BCUT2D eigenvalue weighted by Gasteiger charge is -2.25. The molecule has 0 fully saturated rings. The molecule has 0 heterocycles. The number of amides is 1. The van der Waals surface area contributed by atoms with Crippen molar-refractivity contribution in [2.45, 2.75) is 32.7 Å². The largest absolute Gasteiger partial charge is 0.480 e. The molecule has 0 aromatic heterocycles. The fourth-order valence-electron chi connectivity index (χ4n) is 2.23. The quantitative estimate of drug-likeness (QED) is 0.678. The van der Waals surface area contributed by atoms with Crippen LogP contribution in [0.25, 0.3) is 0 Å². The van der Waals surface area contributed by atoms with Crippen LogP contribution in [-0.2, 0) is 9.59 Å². The molecular formula is C16H23NO3S.